The molecular weight excluding hydrogens is 360 g/mol. The Bertz CT molecular complexity index is 986. The van der Waals surface area contributed by atoms with Crippen molar-refractivity contribution >= 4 is 11.8 Å². The first kappa shape index (κ1) is 18.9. The second-order valence-electron chi connectivity index (χ2n) is 7.36. The van der Waals surface area contributed by atoms with Crippen LogP contribution in [0.25, 0.3) is 0 Å². The van der Waals surface area contributed by atoms with Gasteiger partial charge in [0.1, 0.15) is 0 Å². The summed E-state index contributed by atoms with van der Waals surface area (Å²) in [6.07, 6.45) is 2.09. The van der Waals surface area contributed by atoms with Crippen molar-refractivity contribution in [3.05, 3.63) is 107 Å². The maximum atomic E-state index is 12.8. The predicted octanol–water partition coefficient (Wildman–Crippen LogP) is 4.35. The van der Waals surface area contributed by atoms with Crippen molar-refractivity contribution in [3.63, 3.8) is 0 Å². The predicted molar refractivity (Wildman–Crippen MR) is 113 cm³/mol. The lowest BCUT2D eigenvalue weighted by Gasteiger charge is -2.21. The number of carbonyl (C=O) groups is 2. The maximum absolute atomic E-state index is 12.8. The van der Waals surface area contributed by atoms with E-state index in [9.17, 15) is 9.59 Å². The molecule has 2 N–H and O–H groups in total. The third kappa shape index (κ3) is 4.54. The monoisotopic (exact) mass is 384 g/mol. The van der Waals surface area contributed by atoms with Gasteiger partial charge in [0.2, 0.25) is 5.91 Å². The number of nitrogens with one attached hydrogen (secondary N) is 2. The lowest BCUT2D eigenvalue weighted by molar-refractivity contribution is -0.122. The van der Waals surface area contributed by atoms with E-state index in [2.05, 4.69) is 22.8 Å². The van der Waals surface area contributed by atoms with Crippen LogP contribution in [0.4, 0.5) is 0 Å². The molecule has 4 heteroatoms. The van der Waals surface area contributed by atoms with E-state index in [1.165, 1.54) is 11.1 Å². The highest BCUT2D eigenvalue weighted by atomic mass is 16.2. The molecule has 4 nitrogen and oxygen atoms in total. The number of aryl methyl sites for hydroxylation is 1. The Balaban J connectivity index is 1.47. The van der Waals surface area contributed by atoms with Crippen molar-refractivity contribution in [2.75, 3.05) is 0 Å². The van der Waals surface area contributed by atoms with Gasteiger partial charge in [-0.3, -0.25) is 9.59 Å². The van der Waals surface area contributed by atoms with Gasteiger partial charge < -0.3 is 10.6 Å². The first-order chi connectivity index (χ1) is 14.2. The highest BCUT2D eigenvalue weighted by molar-refractivity contribution is 5.94. The van der Waals surface area contributed by atoms with Crippen LogP contribution in [-0.2, 0) is 11.2 Å². The van der Waals surface area contributed by atoms with Gasteiger partial charge in [0.25, 0.3) is 5.91 Å². The summed E-state index contributed by atoms with van der Waals surface area (Å²) in [7, 11) is 0. The van der Waals surface area contributed by atoms with Crippen molar-refractivity contribution in [2.24, 2.45) is 0 Å². The largest absolute Gasteiger partial charge is 0.349 e. The highest BCUT2D eigenvalue weighted by Crippen LogP contribution is 2.31. The second kappa shape index (κ2) is 8.74. The highest BCUT2D eigenvalue weighted by Gasteiger charge is 2.25. The van der Waals surface area contributed by atoms with E-state index < -0.39 is 0 Å². The molecule has 3 aromatic rings. The molecule has 0 heterocycles. The molecule has 146 valence electrons. The maximum Gasteiger partial charge on any atom is 0.251 e. The third-order valence-corrected chi connectivity index (χ3v) is 5.40. The van der Waals surface area contributed by atoms with Crippen molar-refractivity contribution in [1.29, 1.82) is 0 Å². The molecule has 4 rings (SSSR count). The Hall–Kier alpha value is -3.40. The number of amides is 2. The number of carbonyl (C=O) groups excluding carboxylic acids is 2. The summed E-state index contributed by atoms with van der Waals surface area (Å²) in [5, 5.41) is 6.18. The average Bonchev–Trinajstić information content (AvgIpc) is 3.17. The molecule has 0 aromatic heterocycles. The summed E-state index contributed by atoms with van der Waals surface area (Å²) in [5.41, 5.74) is 4.00. The quantitative estimate of drug-likeness (QED) is 0.664. The smallest absolute Gasteiger partial charge is 0.251 e. The van der Waals surface area contributed by atoms with Gasteiger partial charge in [0.05, 0.1) is 18.5 Å². The zero-order chi connectivity index (χ0) is 20.1. The Morgan fingerprint density at radius 2 is 1.52 bits per heavy atom. The summed E-state index contributed by atoms with van der Waals surface area (Å²) >= 11 is 0. The molecule has 1 aliphatic rings. The van der Waals surface area contributed by atoms with Gasteiger partial charge in [-0.15, -0.1) is 0 Å². The molecule has 0 spiro atoms. The summed E-state index contributed by atoms with van der Waals surface area (Å²) in [6, 6.07) is 26.6. The zero-order valence-corrected chi connectivity index (χ0v) is 16.2. The van der Waals surface area contributed by atoms with Crippen LogP contribution < -0.4 is 10.6 Å². The van der Waals surface area contributed by atoms with Crippen LogP contribution in [0.3, 0.4) is 0 Å². The van der Waals surface area contributed by atoms with E-state index in [4.69, 9.17) is 0 Å². The molecule has 0 aliphatic heterocycles. The van der Waals surface area contributed by atoms with Gasteiger partial charge in [0, 0.05) is 5.56 Å². The SMILES string of the molecule is O=C(CC(NC(=O)c1ccccc1)c1ccccc1)NC1CCc2ccccc21. The first-order valence-corrected chi connectivity index (χ1v) is 9.99. The second-order valence-corrected chi connectivity index (χ2v) is 7.36. The normalized spacial score (nSPS) is 15.9. The van der Waals surface area contributed by atoms with Gasteiger partial charge in [-0.05, 0) is 41.7 Å². The molecule has 3 aromatic carbocycles. The number of benzene rings is 3. The third-order valence-electron chi connectivity index (χ3n) is 5.40. The zero-order valence-electron chi connectivity index (χ0n) is 16.2. The van der Waals surface area contributed by atoms with Crippen LogP contribution in [0.1, 0.15) is 52.0 Å². The van der Waals surface area contributed by atoms with E-state index in [1.54, 1.807) is 12.1 Å². The van der Waals surface area contributed by atoms with Gasteiger partial charge in [0.15, 0.2) is 0 Å². The standard InChI is InChI=1S/C25H24N2O2/c28-24(26-22-16-15-18-9-7-8-14-21(18)22)17-23(19-10-3-1-4-11-19)27-25(29)20-12-5-2-6-13-20/h1-14,22-23H,15-17H2,(H,26,28)(H,27,29). The van der Waals surface area contributed by atoms with Gasteiger partial charge in [-0.25, -0.2) is 0 Å². The Morgan fingerprint density at radius 1 is 0.862 bits per heavy atom. The minimum absolute atomic E-state index is 0.0416. The molecule has 29 heavy (non-hydrogen) atoms. The fraction of sp³-hybridized carbons (Fsp3) is 0.200. The fourth-order valence-corrected chi connectivity index (χ4v) is 3.91. The van der Waals surface area contributed by atoms with Crippen LogP contribution in [0, 0.1) is 0 Å². The van der Waals surface area contributed by atoms with E-state index in [0.717, 1.165) is 18.4 Å². The number of hydrogen-bond donors (Lipinski definition) is 2. The molecule has 0 bridgehead atoms. The average molecular weight is 384 g/mol. The van der Waals surface area contributed by atoms with Crippen molar-refractivity contribution < 1.29 is 9.59 Å². The number of rotatable bonds is 6. The molecule has 2 atom stereocenters. The molecule has 0 radical (unpaired) electrons. The number of hydrogen-bond acceptors (Lipinski definition) is 2. The lowest BCUT2D eigenvalue weighted by atomic mass is 10.0. The summed E-state index contributed by atoms with van der Waals surface area (Å²) < 4.78 is 0. The van der Waals surface area contributed by atoms with Crippen LogP contribution in [-0.4, -0.2) is 11.8 Å². The van der Waals surface area contributed by atoms with Gasteiger partial charge in [-0.1, -0.05) is 72.8 Å². The van der Waals surface area contributed by atoms with Crippen molar-refractivity contribution in [1.82, 2.24) is 10.6 Å². The first-order valence-electron chi connectivity index (χ1n) is 9.99. The molecule has 2 unspecified atom stereocenters. The van der Waals surface area contributed by atoms with E-state index in [0.29, 0.717) is 5.56 Å². The van der Waals surface area contributed by atoms with Crippen LogP contribution in [0.5, 0.6) is 0 Å². The summed E-state index contributed by atoms with van der Waals surface area (Å²) in [4.78, 5) is 25.5. The van der Waals surface area contributed by atoms with Crippen molar-refractivity contribution in [2.45, 2.75) is 31.3 Å². The lowest BCUT2D eigenvalue weighted by Crippen LogP contribution is -2.34. The van der Waals surface area contributed by atoms with Gasteiger partial charge >= 0.3 is 0 Å². The van der Waals surface area contributed by atoms with Crippen molar-refractivity contribution in [3.8, 4) is 0 Å². The molecule has 0 saturated carbocycles. The molecular formula is C25H24N2O2. The minimum atomic E-state index is -0.388. The molecule has 0 fully saturated rings. The van der Waals surface area contributed by atoms with Gasteiger partial charge in [-0.2, -0.15) is 0 Å². The van der Waals surface area contributed by atoms with E-state index >= 15 is 0 Å². The van der Waals surface area contributed by atoms with Crippen LogP contribution in [0.2, 0.25) is 0 Å². The van der Waals surface area contributed by atoms with E-state index in [1.807, 2.05) is 60.7 Å². The molecule has 2 amide bonds. The summed E-state index contributed by atoms with van der Waals surface area (Å²) in [5.74, 6) is -0.243. The van der Waals surface area contributed by atoms with Crippen LogP contribution >= 0.6 is 0 Å². The van der Waals surface area contributed by atoms with Crippen LogP contribution in [0.15, 0.2) is 84.9 Å². The molecule has 1 aliphatic carbocycles. The minimum Gasteiger partial charge on any atom is -0.349 e. The Labute approximate surface area is 171 Å². The Kier molecular flexibility index (Phi) is 5.71. The molecule has 0 saturated heterocycles. The number of fused-ring (bicyclic) bond motifs is 1. The topological polar surface area (TPSA) is 58.2 Å². The van der Waals surface area contributed by atoms with E-state index in [-0.39, 0.29) is 30.3 Å². The summed E-state index contributed by atoms with van der Waals surface area (Å²) in [6.45, 7) is 0. The Morgan fingerprint density at radius 3 is 2.28 bits per heavy atom. The fourth-order valence-electron chi connectivity index (χ4n) is 3.91.